The van der Waals surface area contributed by atoms with Gasteiger partial charge in [-0.25, -0.2) is 9.18 Å². The zero-order chi connectivity index (χ0) is 14.0. The molecule has 1 heterocycles. The summed E-state index contributed by atoms with van der Waals surface area (Å²) in [5, 5.41) is 9.04. The molecule has 0 bridgehead atoms. The Labute approximate surface area is 108 Å². The molecule has 1 aromatic heterocycles. The molecule has 0 saturated heterocycles. The zero-order valence-electron chi connectivity index (χ0n) is 10.3. The number of hydrogen-bond donors (Lipinski definition) is 1. The van der Waals surface area contributed by atoms with Crippen molar-refractivity contribution in [3.05, 3.63) is 69.4 Å². The van der Waals surface area contributed by atoms with Crippen LogP contribution in [0.15, 0.2) is 41.3 Å². The lowest BCUT2D eigenvalue weighted by Crippen LogP contribution is -2.20. The number of carboxylic acid groups (broad SMARTS) is 1. The van der Waals surface area contributed by atoms with E-state index in [0.29, 0.717) is 0 Å². The second-order valence-electron chi connectivity index (χ2n) is 4.28. The summed E-state index contributed by atoms with van der Waals surface area (Å²) in [6.07, 6.45) is 1.56. The molecule has 0 aliphatic carbocycles. The number of halogens is 1. The number of hydrogen-bond acceptors (Lipinski definition) is 2. The molecule has 1 aromatic carbocycles. The fraction of sp³-hybridized carbons (Fsp3) is 0.143. The van der Waals surface area contributed by atoms with E-state index in [1.165, 1.54) is 16.7 Å². The summed E-state index contributed by atoms with van der Waals surface area (Å²) in [5.74, 6) is -1.67. The Balaban J connectivity index is 2.45. The number of carboxylic acids is 1. The Kier molecular flexibility index (Phi) is 3.46. The van der Waals surface area contributed by atoms with Gasteiger partial charge in [0.2, 0.25) is 0 Å². The quantitative estimate of drug-likeness (QED) is 0.919. The van der Waals surface area contributed by atoms with Crippen LogP contribution in [-0.4, -0.2) is 15.6 Å². The van der Waals surface area contributed by atoms with Crippen molar-refractivity contribution in [2.24, 2.45) is 0 Å². The maximum atomic E-state index is 13.2. The molecule has 4 nitrogen and oxygen atoms in total. The summed E-state index contributed by atoms with van der Waals surface area (Å²) in [7, 11) is 0. The van der Waals surface area contributed by atoms with Crippen molar-refractivity contribution in [3.63, 3.8) is 0 Å². The van der Waals surface area contributed by atoms with Gasteiger partial charge in [-0.15, -0.1) is 0 Å². The van der Waals surface area contributed by atoms with Crippen molar-refractivity contribution in [1.82, 2.24) is 4.57 Å². The Morgan fingerprint density at radius 3 is 2.68 bits per heavy atom. The van der Waals surface area contributed by atoms with Gasteiger partial charge in [0, 0.05) is 12.3 Å². The van der Waals surface area contributed by atoms with Crippen molar-refractivity contribution >= 4 is 5.97 Å². The zero-order valence-corrected chi connectivity index (χ0v) is 10.3. The first-order valence-electron chi connectivity index (χ1n) is 5.66. The Morgan fingerprint density at radius 1 is 1.32 bits per heavy atom. The first-order valence-corrected chi connectivity index (χ1v) is 5.66. The predicted octanol–water partition coefficient (Wildman–Crippen LogP) is 2.04. The first-order chi connectivity index (χ1) is 8.97. The molecule has 2 aromatic rings. The minimum Gasteiger partial charge on any atom is -0.478 e. The molecule has 0 radical (unpaired) electrons. The standard InChI is InChI=1S/C14H12FNO3/c1-9-4-5-16(13(17)6-9)8-10-7-11(15)2-3-12(10)14(18)19/h2-7H,8H2,1H3,(H,18,19). The van der Waals surface area contributed by atoms with Gasteiger partial charge in [0.25, 0.3) is 5.56 Å². The largest absolute Gasteiger partial charge is 0.478 e. The van der Waals surface area contributed by atoms with E-state index in [-0.39, 0.29) is 23.2 Å². The van der Waals surface area contributed by atoms with E-state index >= 15 is 0 Å². The average molecular weight is 261 g/mol. The highest BCUT2D eigenvalue weighted by Gasteiger charge is 2.11. The van der Waals surface area contributed by atoms with Gasteiger partial charge < -0.3 is 9.67 Å². The lowest BCUT2D eigenvalue weighted by molar-refractivity contribution is 0.0695. The van der Waals surface area contributed by atoms with E-state index in [1.54, 1.807) is 19.2 Å². The molecule has 0 aliphatic heterocycles. The van der Waals surface area contributed by atoms with Gasteiger partial charge in [0.15, 0.2) is 0 Å². The van der Waals surface area contributed by atoms with E-state index in [9.17, 15) is 14.0 Å². The summed E-state index contributed by atoms with van der Waals surface area (Å²) >= 11 is 0. The number of aryl methyl sites for hydroxylation is 1. The molecule has 0 atom stereocenters. The van der Waals surface area contributed by atoms with E-state index in [0.717, 1.165) is 17.7 Å². The summed E-state index contributed by atoms with van der Waals surface area (Å²) in [6.45, 7) is 1.81. The minimum atomic E-state index is -1.14. The Hall–Kier alpha value is -2.43. The van der Waals surface area contributed by atoms with Crippen LogP contribution in [0, 0.1) is 12.7 Å². The summed E-state index contributed by atoms with van der Waals surface area (Å²) in [5.41, 5.74) is 0.826. The van der Waals surface area contributed by atoms with Gasteiger partial charge >= 0.3 is 5.97 Å². The molecule has 98 valence electrons. The molecule has 0 amide bonds. The maximum Gasteiger partial charge on any atom is 0.336 e. The van der Waals surface area contributed by atoms with Crippen LogP contribution in [0.25, 0.3) is 0 Å². The number of nitrogens with zero attached hydrogens (tertiary/aromatic N) is 1. The van der Waals surface area contributed by atoms with Crippen molar-refractivity contribution in [1.29, 1.82) is 0 Å². The van der Waals surface area contributed by atoms with Gasteiger partial charge in [-0.05, 0) is 42.3 Å². The lowest BCUT2D eigenvalue weighted by Gasteiger charge is -2.09. The molecular weight excluding hydrogens is 249 g/mol. The van der Waals surface area contributed by atoms with Crippen LogP contribution in [-0.2, 0) is 6.54 Å². The van der Waals surface area contributed by atoms with Crippen molar-refractivity contribution in [2.75, 3.05) is 0 Å². The first kappa shape index (κ1) is 13.0. The lowest BCUT2D eigenvalue weighted by atomic mass is 10.1. The topological polar surface area (TPSA) is 59.3 Å². The fourth-order valence-electron chi connectivity index (χ4n) is 1.82. The van der Waals surface area contributed by atoms with Gasteiger partial charge in [-0.2, -0.15) is 0 Å². The van der Waals surface area contributed by atoms with Crippen LogP contribution in [0.1, 0.15) is 21.5 Å². The van der Waals surface area contributed by atoms with E-state index < -0.39 is 11.8 Å². The molecule has 1 N–H and O–H groups in total. The molecule has 0 saturated carbocycles. The SMILES string of the molecule is Cc1ccn(Cc2cc(F)ccc2C(=O)O)c(=O)c1. The smallest absolute Gasteiger partial charge is 0.336 e. The van der Waals surface area contributed by atoms with Crippen molar-refractivity contribution < 1.29 is 14.3 Å². The monoisotopic (exact) mass is 261 g/mol. The number of aromatic carboxylic acids is 1. The molecule has 0 spiro atoms. The fourth-order valence-corrected chi connectivity index (χ4v) is 1.82. The van der Waals surface area contributed by atoms with Gasteiger partial charge in [0.05, 0.1) is 12.1 Å². The number of rotatable bonds is 3. The predicted molar refractivity (Wildman–Crippen MR) is 67.9 cm³/mol. The number of benzene rings is 1. The van der Waals surface area contributed by atoms with Gasteiger partial charge in [-0.3, -0.25) is 4.79 Å². The average Bonchev–Trinajstić information content (AvgIpc) is 2.32. The van der Waals surface area contributed by atoms with Crippen molar-refractivity contribution in [2.45, 2.75) is 13.5 Å². The molecule has 0 fully saturated rings. The molecule has 0 aliphatic rings. The number of aromatic nitrogens is 1. The Bertz CT molecular complexity index is 691. The molecule has 2 rings (SSSR count). The van der Waals surface area contributed by atoms with Crippen LogP contribution in [0.3, 0.4) is 0 Å². The third-order valence-electron chi connectivity index (χ3n) is 2.79. The van der Waals surface area contributed by atoms with Crippen LogP contribution in [0.2, 0.25) is 0 Å². The molecule has 0 unspecified atom stereocenters. The Morgan fingerprint density at radius 2 is 2.05 bits per heavy atom. The number of pyridine rings is 1. The third-order valence-corrected chi connectivity index (χ3v) is 2.79. The summed E-state index contributed by atoms with van der Waals surface area (Å²) < 4.78 is 14.5. The van der Waals surface area contributed by atoms with Crippen LogP contribution in [0.5, 0.6) is 0 Å². The second-order valence-corrected chi connectivity index (χ2v) is 4.28. The normalized spacial score (nSPS) is 10.4. The van der Waals surface area contributed by atoms with Gasteiger partial charge in [-0.1, -0.05) is 0 Å². The molecule has 19 heavy (non-hydrogen) atoms. The maximum absolute atomic E-state index is 13.2. The highest BCUT2D eigenvalue weighted by molar-refractivity contribution is 5.89. The van der Waals surface area contributed by atoms with Gasteiger partial charge in [0.1, 0.15) is 5.82 Å². The highest BCUT2D eigenvalue weighted by atomic mass is 19.1. The van der Waals surface area contributed by atoms with E-state index in [4.69, 9.17) is 5.11 Å². The third kappa shape index (κ3) is 2.88. The van der Waals surface area contributed by atoms with Crippen LogP contribution >= 0.6 is 0 Å². The second kappa shape index (κ2) is 5.06. The summed E-state index contributed by atoms with van der Waals surface area (Å²) in [4.78, 5) is 22.8. The van der Waals surface area contributed by atoms with Crippen molar-refractivity contribution in [3.8, 4) is 0 Å². The van der Waals surface area contributed by atoms with Crippen LogP contribution in [0.4, 0.5) is 4.39 Å². The summed E-state index contributed by atoms with van der Waals surface area (Å²) in [6, 6.07) is 6.60. The molecular formula is C14H12FNO3. The number of carbonyl (C=O) groups is 1. The minimum absolute atomic E-state index is 0.00567. The van der Waals surface area contributed by atoms with Crippen LogP contribution < -0.4 is 5.56 Å². The highest BCUT2D eigenvalue weighted by Crippen LogP contribution is 2.12. The van der Waals surface area contributed by atoms with E-state index in [2.05, 4.69) is 0 Å². The molecule has 5 heteroatoms. The van der Waals surface area contributed by atoms with E-state index in [1.807, 2.05) is 0 Å².